The molecule has 0 rings (SSSR count). The van der Waals surface area contributed by atoms with E-state index in [1.807, 2.05) is 6.92 Å². The van der Waals surface area contributed by atoms with Crippen molar-refractivity contribution in [2.24, 2.45) is 5.92 Å². The summed E-state index contributed by atoms with van der Waals surface area (Å²) < 4.78 is 5.22. The number of carbonyl (C=O) groups is 2. The Balaban J connectivity index is 3.94. The molecule has 0 aliphatic carbocycles. The molecule has 0 aromatic carbocycles. The van der Waals surface area contributed by atoms with Crippen molar-refractivity contribution in [1.29, 1.82) is 0 Å². The smallest absolute Gasteiger partial charge is 0.326 e. The van der Waals surface area contributed by atoms with E-state index in [1.165, 1.54) is 6.92 Å². The van der Waals surface area contributed by atoms with E-state index in [0.29, 0.717) is 19.6 Å². The molecule has 0 aromatic rings. The maximum Gasteiger partial charge on any atom is 0.326 e. The molecule has 0 saturated carbocycles. The van der Waals surface area contributed by atoms with Gasteiger partial charge in [-0.25, -0.2) is 4.79 Å². The second-order valence-corrected chi connectivity index (χ2v) is 4.08. The van der Waals surface area contributed by atoms with Crippen molar-refractivity contribution in [2.45, 2.75) is 32.7 Å². The number of amides is 1. The molecule has 0 aliphatic rings. The first-order valence-electron chi connectivity index (χ1n) is 5.66. The third-order valence-electron chi connectivity index (χ3n) is 2.30. The number of carbonyl (C=O) groups excluding carboxylic acids is 1. The summed E-state index contributed by atoms with van der Waals surface area (Å²) in [6.07, 6.45) is 2.84. The van der Waals surface area contributed by atoms with Crippen LogP contribution in [0.5, 0.6) is 0 Å². The lowest BCUT2D eigenvalue weighted by atomic mass is 9.99. The van der Waals surface area contributed by atoms with Gasteiger partial charge in [0.1, 0.15) is 6.04 Å². The highest BCUT2D eigenvalue weighted by Crippen LogP contribution is 2.11. The lowest BCUT2D eigenvalue weighted by Gasteiger charge is -2.18. The fourth-order valence-corrected chi connectivity index (χ4v) is 1.44. The number of nitrogens with one attached hydrogen (secondary N) is 1. The Morgan fingerprint density at radius 1 is 1.53 bits per heavy atom. The van der Waals surface area contributed by atoms with Gasteiger partial charge in [0.25, 0.3) is 0 Å². The average Bonchev–Trinajstić information content (AvgIpc) is 2.22. The molecule has 0 saturated heterocycles. The summed E-state index contributed by atoms with van der Waals surface area (Å²) in [6, 6.07) is -0.818. The molecule has 0 radical (unpaired) electrons. The van der Waals surface area contributed by atoms with Crippen LogP contribution in [0.3, 0.4) is 0 Å². The molecular formula is C12H21NO4. The summed E-state index contributed by atoms with van der Waals surface area (Å²) >= 11 is 0. The molecule has 0 spiro atoms. The Bertz CT molecular complexity index is 265. The van der Waals surface area contributed by atoms with E-state index in [0.717, 1.165) is 6.42 Å². The first-order chi connectivity index (χ1) is 7.97. The summed E-state index contributed by atoms with van der Waals surface area (Å²) in [5, 5.41) is 11.3. The van der Waals surface area contributed by atoms with Crippen molar-refractivity contribution in [3.05, 3.63) is 12.7 Å². The van der Waals surface area contributed by atoms with Crippen LogP contribution in [0.2, 0.25) is 0 Å². The van der Waals surface area contributed by atoms with Gasteiger partial charge in [-0.1, -0.05) is 13.0 Å². The topological polar surface area (TPSA) is 75.6 Å². The Morgan fingerprint density at radius 2 is 2.18 bits per heavy atom. The third-order valence-corrected chi connectivity index (χ3v) is 2.30. The lowest BCUT2D eigenvalue weighted by molar-refractivity contribution is -0.142. The number of ether oxygens (including phenoxy) is 1. The van der Waals surface area contributed by atoms with E-state index in [-0.39, 0.29) is 11.8 Å². The van der Waals surface area contributed by atoms with Crippen LogP contribution < -0.4 is 5.32 Å². The van der Waals surface area contributed by atoms with Crippen LogP contribution in [0.1, 0.15) is 26.7 Å². The molecule has 17 heavy (non-hydrogen) atoms. The summed E-state index contributed by atoms with van der Waals surface area (Å²) in [5.74, 6) is -1.15. The monoisotopic (exact) mass is 243 g/mol. The zero-order valence-corrected chi connectivity index (χ0v) is 10.4. The number of carboxylic acids is 1. The van der Waals surface area contributed by atoms with Crippen molar-refractivity contribution in [3.63, 3.8) is 0 Å². The van der Waals surface area contributed by atoms with Gasteiger partial charge in [-0.05, 0) is 18.8 Å². The molecular weight excluding hydrogens is 222 g/mol. The van der Waals surface area contributed by atoms with Gasteiger partial charge in [0, 0.05) is 13.5 Å². The number of hydrogen-bond acceptors (Lipinski definition) is 3. The van der Waals surface area contributed by atoms with Gasteiger partial charge >= 0.3 is 5.97 Å². The summed E-state index contributed by atoms with van der Waals surface area (Å²) in [5.41, 5.74) is 0. The first kappa shape index (κ1) is 15.6. The zero-order valence-electron chi connectivity index (χ0n) is 10.4. The molecule has 98 valence electrons. The summed E-state index contributed by atoms with van der Waals surface area (Å²) in [6.45, 7) is 7.85. The van der Waals surface area contributed by atoms with E-state index in [2.05, 4.69) is 11.9 Å². The average molecular weight is 243 g/mol. The van der Waals surface area contributed by atoms with E-state index < -0.39 is 12.0 Å². The fourth-order valence-electron chi connectivity index (χ4n) is 1.44. The van der Waals surface area contributed by atoms with Crippen LogP contribution in [-0.4, -0.2) is 36.2 Å². The molecule has 0 aliphatic heterocycles. The Labute approximate surface area is 102 Å². The van der Waals surface area contributed by atoms with E-state index in [9.17, 15) is 9.59 Å². The van der Waals surface area contributed by atoms with Crippen LogP contribution in [0, 0.1) is 5.92 Å². The Hall–Kier alpha value is -1.36. The maximum absolute atomic E-state index is 10.9. The molecule has 0 heterocycles. The normalized spacial score (nSPS) is 13.8. The largest absolute Gasteiger partial charge is 0.480 e. The highest BCUT2D eigenvalue weighted by atomic mass is 16.5. The van der Waals surface area contributed by atoms with Gasteiger partial charge in [-0.3, -0.25) is 4.79 Å². The number of aliphatic carboxylic acids is 1. The number of carboxylic acid groups (broad SMARTS) is 1. The maximum atomic E-state index is 10.9. The second kappa shape index (κ2) is 8.75. The van der Waals surface area contributed by atoms with Crippen LogP contribution in [0.15, 0.2) is 12.7 Å². The first-order valence-corrected chi connectivity index (χ1v) is 5.66. The van der Waals surface area contributed by atoms with Crippen molar-refractivity contribution in [3.8, 4) is 0 Å². The van der Waals surface area contributed by atoms with Gasteiger partial charge in [0.15, 0.2) is 0 Å². The van der Waals surface area contributed by atoms with Gasteiger partial charge in [-0.2, -0.15) is 0 Å². The number of hydrogen-bond donors (Lipinski definition) is 2. The van der Waals surface area contributed by atoms with Crippen molar-refractivity contribution in [1.82, 2.24) is 5.32 Å². The predicted octanol–water partition coefficient (Wildman–Crippen LogP) is 1.19. The minimum atomic E-state index is -1.00. The van der Waals surface area contributed by atoms with Crippen LogP contribution >= 0.6 is 0 Å². The van der Waals surface area contributed by atoms with Gasteiger partial charge < -0.3 is 15.2 Å². The summed E-state index contributed by atoms with van der Waals surface area (Å²) in [4.78, 5) is 21.7. The minimum Gasteiger partial charge on any atom is -0.480 e. The fraction of sp³-hybridized carbons (Fsp3) is 0.667. The van der Waals surface area contributed by atoms with Crippen molar-refractivity contribution < 1.29 is 19.4 Å². The number of rotatable bonds is 9. The quantitative estimate of drug-likeness (QED) is 0.471. The summed E-state index contributed by atoms with van der Waals surface area (Å²) in [7, 11) is 0. The standard InChI is InChI=1S/C12H21NO4/c1-4-6-17-7-5-9(2)8-11(12(15)16)13-10(3)14/h4,9,11H,1,5-8H2,2-3H3,(H,13,14)(H,15,16)/t9?,11-/m0/s1. The molecule has 5 nitrogen and oxygen atoms in total. The minimum absolute atomic E-state index is 0.174. The van der Waals surface area contributed by atoms with Crippen molar-refractivity contribution in [2.75, 3.05) is 13.2 Å². The van der Waals surface area contributed by atoms with Gasteiger partial charge in [0.2, 0.25) is 5.91 Å². The van der Waals surface area contributed by atoms with E-state index >= 15 is 0 Å². The van der Waals surface area contributed by atoms with Gasteiger partial charge in [-0.15, -0.1) is 6.58 Å². The van der Waals surface area contributed by atoms with Crippen LogP contribution in [-0.2, 0) is 14.3 Å². The molecule has 2 atom stereocenters. The van der Waals surface area contributed by atoms with Crippen molar-refractivity contribution >= 4 is 11.9 Å². The highest BCUT2D eigenvalue weighted by Gasteiger charge is 2.20. The molecule has 0 aromatic heterocycles. The molecule has 5 heteroatoms. The molecule has 0 fully saturated rings. The Kier molecular flexibility index (Phi) is 8.05. The van der Waals surface area contributed by atoms with E-state index in [4.69, 9.17) is 9.84 Å². The molecule has 2 N–H and O–H groups in total. The third kappa shape index (κ3) is 8.45. The van der Waals surface area contributed by atoms with Crippen LogP contribution in [0.4, 0.5) is 0 Å². The lowest BCUT2D eigenvalue weighted by Crippen LogP contribution is -2.40. The predicted molar refractivity (Wildman–Crippen MR) is 64.7 cm³/mol. The molecule has 1 unspecified atom stereocenters. The highest BCUT2D eigenvalue weighted by molar-refractivity contribution is 5.81. The SMILES string of the molecule is C=CCOCCC(C)C[C@H](NC(C)=O)C(=O)O. The second-order valence-electron chi connectivity index (χ2n) is 4.08. The van der Waals surface area contributed by atoms with E-state index in [1.54, 1.807) is 6.08 Å². The zero-order chi connectivity index (χ0) is 13.3. The molecule has 0 bridgehead atoms. The molecule has 1 amide bonds. The van der Waals surface area contributed by atoms with Crippen LogP contribution in [0.25, 0.3) is 0 Å². The van der Waals surface area contributed by atoms with Gasteiger partial charge in [0.05, 0.1) is 6.61 Å². The Morgan fingerprint density at radius 3 is 2.65 bits per heavy atom.